The number of benzene rings is 4. The Kier molecular flexibility index (Phi) is 10.2. The van der Waals surface area contributed by atoms with Crippen LogP contribution < -0.4 is 10.4 Å². The van der Waals surface area contributed by atoms with Crippen molar-refractivity contribution in [2.45, 2.75) is 51.6 Å². The van der Waals surface area contributed by atoms with Crippen LogP contribution in [0, 0.1) is 0 Å². The summed E-state index contributed by atoms with van der Waals surface area (Å²) in [4.78, 5) is 31.2. The Bertz CT molecular complexity index is 1830. The lowest BCUT2D eigenvalue weighted by atomic mass is 9.87. The number of imidazole rings is 1. The maximum Gasteiger partial charge on any atom is 0.329 e. The van der Waals surface area contributed by atoms with Gasteiger partial charge in [0.1, 0.15) is 5.75 Å². The summed E-state index contributed by atoms with van der Waals surface area (Å²) in [6, 6.07) is 35.1. The first-order valence-electron chi connectivity index (χ1n) is 17.0. The molecule has 6 rings (SSSR count). The van der Waals surface area contributed by atoms with Crippen molar-refractivity contribution in [2.24, 2.45) is 0 Å². The summed E-state index contributed by atoms with van der Waals surface area (Å²) in [5, 5.41) is 0. The van der Waals surface area contributed by atoms with E-state index in [0.717, 1.165) is 66.8 Å². The Morgan fingerprint density at radius 2 is 1.51 bits per heavy atom. The molecule has 1 fully saturated rings. The maximum absolute atomic E-state index is 13.9. The van der Waals surface area contributed by atoms with E-state index in [9.17, 15) is 9.59 Å². The summed E-state index contributed by atoms with van der Waals surface area (Å²) in [7, 11) is 1.70. The van der Waals surface area contributed by atoms with Gasteiger partial charge in [-0.25, -0.2) is 4.79 Å². The van der Waals surface area contributed by atoms with Crippen molar-refractivity contribution in [2.75, 3.05) is 39.8 Å². The third-order valence-electron chi connectivity index (χ3n) is 9.82. The molecule has 0 saturated carbocycles. The third-order valence-corrected chi connectivity index (χ3v) is 9.82. The molecule has 7 nitrogen and oxygen atoms in total. The van der Waals surface area contributed by atoms with Gasteiger partial charge >= 0.3 is 5.69 Å². The van der Waals surface area contributed by atoms with E-state index in [-0.39, 0.29) is 23.6 Å². The van der Waals surface area contributed by atoms with Gasteiger partial charge in [0, 0.05) is 43.7 Å². The highest BCUT2D eigenvalue weighted by Gasteiger charge is 2.26. The second-order valence-corrected chi connectivity index (χ2v) is 12.5. The van der Waals surface area contributed by atoms with Gasteiger partial charge < -0.3 is 14.5 Å². The standard InChI is InChI=1S/C40H46N4O3/c1-4-42(5-2)39(45)32-20-18-31(19-21-32)36(33-14-11-15-35(28-33)47-3)24-27-41-25-22-34(23-26-41)44-38-17-10-9-16-37(38)43(40(44)46)29-30-12-7-6-8-13-30/h6-21,28,34,36H,4-5,22-27,29H2,1-3H3. The molecule has 1 unspecified atom stereocenters. The first-order chi connectivity index (χ1) is 23.0. The number of hydrogen-bond donors (Lipinski definition) is 0. The van der Waals surface area contributed by atoms with Crippen LogP contribution >= 0.6 is 0 Å². The van der Waals surface area contributed by atoms with Gasteiger partial charge in [-0.15, -0.1) is 0 Å². The number of carbonyl (C=O) groups is 1. The highest BCUT2D eigenvalue weighted by Crippen LogP contribution is 2.32. The molecule has 1 aliphatic rings. The lowest BCUT2D eigenvalue weighted by Gasteiger charge is -2.33. The van der Waals surface area contributed by atoms with Crippen LogP contribution in [0.15, 0.2) is 108 Å². The molecule has 1 saturated heterocycles. The highest BCUT2D eigenvalue weighted by atomic mass is 16.5. The number of likely N-dealkylation sites (tertiary alicyclic amines) is 1. The molecule has 0 radical (unpaired) electrons. The zero-order chi connectivity index (χ0) is 32.8. The monoisotopic (exact) mass is 630 g/mol. The lowest BCUT2D eigenvalue weighted by Crippen LogP contribution is -2.38. The molecule has 244 valence electrons. The predicted molar refractivity (Wildman–Crippen MR) is 190 cm³/mol. The minimum absolute atomic E-state index is 0.0737. The number of rotatable bonds is 12. The fourth-order valence-corrected chi connectivity index (χ4v) is 7.15. The van der Waals surface area contributed by atoms with E-state index < -0.39 is 0 Å². The van der Waals surface area contributed by atoms with Crippen LogP contribution in [0.4, 0.5) is 0 Å². The predicted octanol–water partition coefficient (Wildman–Crippen LogP) is 7.20. The van der Waals surface area contributed by atoms with E-state index in [0.29, 0.717) is 19.6 Å². The number of nitrogens with zero attached hydrogens (tertiary/aromatic N) is 4. The fraction of sp³-hybridized carbons (Fsp3) is 0.350. The molecule has 47 heavy (non-hydrogen) atoms. The second-order valence-electron chi connectivity index (χ2n) is 12.5. The smallest absolute Gasteiger partial charge is 0.329 e. The van der Waals surface area contributed by atoms with Crippen LogP contribution in [-0.4, -0.2) is 64.7 Å². The molecule has 5 aromatic rings. The van der Waals surface area contributed by atoms with Gasteiger partial charge in [0.05, 0.1) is 24.7 Å². The molecule has 2 heterocycles. The van der Waals surface area contributed by atoms with E-state index in [4.69, 9.17) is 4.74 Å². The Morgan fingerprint density at radius 3 is 2.19 bits per heavy atom. The SMILES string of the molecule is CCN(CC)C(=O)c1ccc(C(CCN2CCC(n3c(=O)n(Cc4ccccc4)c4ccccc43)CC2)c2cccc(OC)c2)cc1. The first kappa shape index (κ1) is 32.3. The molecule has 4 aromatic carbocycles. The first-order valence-corrected chi connectivity index (χ1v) is 17.0. The van der Waals surface area contributed by atoms with Gasteiger partial charge in [0.2, 0.25) is 0 Å². The molecule has 0 bridgehead atoms. The van der Waals surface area contributed by atoms with Crippen molar-refractivity contribution < 1.29 is 9.53 Å². The summed E-state index contributed by atoms with van der Waals surface area (Å²) in [5.74, 6) is 1.09. The quantitative estimate of drug-likeness (QED) is 0.146. The molecule has 1 amide bonds. The lowest BCUT2D eigenvalue weighted by molar-refractivity contribution is 0.0773. The van der Waals surface area contributed by atoms with Gasteiger partial charge in [-0.2, -0.15) is 0 Å². The zero-order valence-electron chi connectivity index (χ0n) is 27.8. The topological polar surface area (TPSA) is 59.7 Å². The fourth-order valence-electron chi connectivity index (χ4n) is 7.15. The Hall–Kier alpha value is -4.62. The number of methoxy groups -OCH3 is 1. The van der Waals surface area contributed by atoms with Gasteiger partial charge in [-0.1, -0.05) is 66.7 Å². The van der Waals surface area contributed by atoms with Crippen LogP contribution in [0.3, 0.4) is 0 Å². The van der Waals surface area contributed by atoms with Crippen molar-refractivity contribution in [3.05, 3.63) is 136 Å². The van der Waals surface area contributed by atoms with E-state index in [2.05, 4.69) is 64.1 Å². The highest BCUT2D eigenvalue weighted by molar-refractivity contribution is 5.94. The van der Waals surface area contributed by atoms with Gasteiger partial charge in [-0.3, -0.25) is 13.9 Å². The number of piperidine rings is 1. The van der Waals surface area contributed by atoms with Gasteiger partial charge in [0.15, 0.2) is 0 Å². The van der Waals surface area contributed by atoms with Crippen molar-refractivity contribution >= 4 is 16.9 Å². The summed E-state index contributed by atoms with van der Waals surface area (Å²) >= 11 is 0. The number of para-hydroxylation sites is 2. The van der Waals surface area contributed by atoms with E-state index >= 15 is 0 Å². The average molecular weight is 631 g/mol. The number of amides is 1. The summed E-state index contributed by atoms with van der Waals surface area (Å²) in [6.07, 6.45) is 2.81. The number of aromatic nitrogens is 2. The van der Waals surface area contributed by atoms with Crippen molar-refractivity contribution in [1.82, 2.24) is 18.9 Å². The largest absolute Gasteiger partial charge is 0.497 e. The number of hydrogen-bond acceptors (Lipinski definition) is 4. The van der Waals surface area contributed by atoms with E-state index in [1.54, 1.807) is 7.11 Å². The number of fused-ring (bicyclic) bond motifs is 1. The number of carbonyl (C=O) groups excluding carboxylic acids is 1. The Balaban J connectivity index is 1.17. The van der Waals surface area contributed by atoms with Crippen LogP contribution in [0.2, 0.25) is 0 Å². The molecule has 0 N–H and O–H groups in total. The molecule has 0 spiro atoms. The normalized spacial score (nSPS) is 14.7. The minimum atomic E-state index is 0.0737. The molecule has 1 atom stereocenters. The third kappa shape index (κ3) is 7.05. The minimum Gasteiger partial charge on any atom is -0.497 e. The van der Waals surface area contributed by atoms with Crippen molar-refractivity contribution in [1.29, 1.82) is 0 Å². The van der Waals surface area contributed by atoms with Gasteiger partial charge in [-0.05, 0) is 92.7 Å². The van der Waals surface area contributed by atoms with Crippen LogP contribution in [0.1, 0.15) is 72.1 Å². The summed E-state index contributed by atoms with van der Waals surface area (Å²) in [5.41, 5.74) is 6.35. The van der Waals surface area contributed by atoms with Crippen LogP contribution in [0.5, 0.6) is 5.75 Å². The molecule has 0 aliphatic carbocycles. The van der Waals surface area contributed by atoms with Crippen molar-refractivity contribution in [3.63, 3.8) is 0 Å². The van der Waals surface area contributed by atoms with E-state index in [1.165, 1.54) is 11.1 Å². The number of ether oxygens (including phenoxy) is 1. The molecular formula is C40H46N4O3. The molecule has 1 aromatic heterocycles. The summed E-state index contributed by atoms with van der Waals surface area (Å²) in [6.45, 7) is 8.83. The Morgan fingerprint density at radius 1 is 0.830 bits per heavy atom. The molecular weight excluding hydrogens is 584 g/mol. The molecule has 7 heteroatoms. The van der Waals surface area contributed by atoms with Gasteiger partial charge in [0.25, 0.3) is 5.91 Å². The Labute approximate surface area is 278 Å². The zero-order valence-corrected chi connectivity index (χ0v) is 27.8. The summed E-state index contributed by atoms with van der Waals surface area (Å²) < 4.78 is 9.55. The van der Waals surface area contributed by atoms with Crippen LogP contribution in [-0.2, 0) is 6.54 Å². The second kappa shape index (κ2) is 14.9. The van der Waals surface area contributed by atoms with Crippen LogP contribution in [0.25, 0.3) is 11.0 Å². The van der Waals surface area contributed by atoms with E-state index in [1.807, 2.05) is 71.8 Å². The molecule has 1 aliphatic heterocycles. The van der Waals surface area contributed by atoms with Crippen molar-refractivity contribution in [3.8, 4) is 5.75 Å². The maximum atomic E-state index is 13.9. The average Bonchev–Trinajstić information content (AvgIpc) is 3.40.